The van der Waals surface area contributed by atoms with Gasteiger partial charge < -0.3 is 0 Å². The predicted octanol–water partition coefficient (Wildman–Crippen LogP) is 5.28. The van der Waals surface area contributed by atoms with Crippen LogP contribution in [0.3, 0.4) is 0 Å². The lowest BCUT2D eigenvalue weighted by atomic mass is 9.92. The number of nitriles is 1. The van der Waals surface area contributed by atoms with Gasteiger partial charge in [-0.15, -0.1) is 0 Å². The quantitative estimate of drug-likeness (QED) is 0.712. The van der Waals surface area contributed by atoms with Crippen molar-refractivity contribution in [3.63, 3.8) is 0 Å². The number of nitrogens with zero attached hydrogens (tertiary/aromatic N) is 1. The van der Waals surface area contributed by atoms with Gasteiger partial charge in [-0.3, -0.25) is 4.79 Å². The van der Waals surface area contributed by atoms with Gasteiger partial charge in [-0.2, -0.15) is 5.26 Å². The molecule has 0 bridgehead atoms. The van der Waals surface area contributed by atoms with Crippen LogP contribution in [0.25, 0.3) is 0 Å². The monoisotopic (exact) mass is 341 g/mol. The van der Waals surface area contributed by atoms with E-state index in [0.717, 1.165) is 12.1 Å². The zero-order chi connectivity index (χ0) is 15.6. The fourth-order valence-corrected chi connectivity index (χ4v) is 2.67. The van der Waals surface area contributed by atoms with Gasteiger partial charge in [-0.05, 0) is 35.9 Å². The Morgan fingerprint density at radius 2 is 1.71 bits per heavy atom. The van der Waals surface area contributed by atoms with Gasteiger partial charge in [0.2, 0.25) is 0 Å². The Balaban J connectivity index is 2.46. The summed E-state index contributed by atoms with van der Waals surface area (Å²) in [5, 5.41) is 9.84. The first-order valence-electron chi connectivity index (χ1n) is 5.77. The lowest BCUT2D eigenvalue weighted by molar-refractivity contribution is 0.0979. The highest BCUT2D eigenvalue weighted by molar-refractivity contribution is 6.35. The normalized spacial score (nSPS) is 11.8. The summed E-state index contributed by atoms with van der Waals surface area (Å²) in [6.45, 7) is 0. The number of hydrogen-bond acceptors (Lipinski definition) is 2. The maximum absolute atomic E-state index is 13.1. The van der Waals surface area contributed by atoms with Crippen molar-refractivity contribution < 1.29 is 9.18 Å². The van der Waals surface area contributed by atoms with Gasteiger partial charge in [0.05, 0.1) is 6.07 Å². The summed E-state index contributed by atoms with van der Waals surface area (Å²) in [5.41, 5.74) is 0.432. The van der Waals surface area contributed by atoms with Gasteiger partial charge in [0.25, 0.3) is 0 Å². The van der Waals surface area contributed by atoms with E-state index in [-0.39, 0.29) is 26.2 Å². The van der Waals surface area contributed by atoms with E-state index in [1.54, 1.807) is 0 Å². The van der Waals surface area contributed by atoms with Gasteiger partial charge in [-0.1, -0.05) is 40.9 Å². The van der Waals surface area contributed by atoms with Crippen molar-refractivity contribution in [2.45, 2.75) is 5.92 Å². The lowest BCUT2D eigenvalue weighted by Crippen LogP contribution is -2.12. The highest BCUT2D eigenvalue weighted by Crippen LogP contribution is 2.29. The molecule has 1 atom stereocenters. The van der Waals surface area contributed by atoms with Crippen LogP contribution in [0.4, 0.5) is 4.39 Å². The summed E-state index contributed by atoms with van der Waals surface area (Å²) in [4.78, 5) is 12.4. The van der Waals surface area contributed by atoms with Crippen LogP contribution in [0.15, 0.2) is 36.4 Å². The molecule has 0 aliphatic rings. The van der Waals surface area contributed by atoms with E-state index < -0.39 is 17.5 Å². The van der Waals surface area contributed by atoms with E-state index >= 15 is 0 Å². The van der Waals surface area contributed by atoms with E-state index in [1.807, 2.05) is 6.07 Å². The van der Waals surface area contributed by atoms with Crippen molar-refractivity contribution in [2.75, 3.05) is 0 Å². The number of Topliss-reactive ketones (excluding diaryl/α,β-unsaturated/α-hetero) is 1. The number of hydrogen-bond donors (Lipinski definition) is 0. The van der Waals surface area contributed by atoms with Gasteiger partial charge in [0.1, 0.15) is 11.7 Å². The molecule has 0 N–H and O–H groups in total. The van der Waals surface area contributed by atoms with Crippen LogP contribution in [0, 0.1) is 17.1 Å². The third-order valence-electron chi connectivity index (χ3n) is 2.81. The summed E-state index contributed by atoms with van der Waals surface area (Å²) in [5.74, 6) is -2.21. The van der Waals surface area contributed by atoms with Crippen LogP contribution in [0.2, 0.25) is 15.1 Å². The Hall–Kier alpha value is -1.60. The second kappa shape index (κ2) is 6.44. The fraction of sp³-hybridized carbons (Fsp3) is 0.0667. The summed E-state index contributed by atoms with van der Waals surface area (Å²) >= 11 is 17.6. The average Bonchev–Trinajstić information content (AvgIpc) is 2.40. The fourth-order valence-electron chi connectivity index (χ4n) is 1.87. The Morgan fingerprint density at radius 3 is 2.24 bits per heavy atom. The van der Waals surface area contributed by atoms with E-state index in [4.69, 9.17) is 34.8 Å². The molecule has 0 amide bonds. The molecular weight excluding hydrogens is 336 g/mol. The van der Waals surface area contributed by atoms with Crippen LogP contribution < -0.4 is 0 Å². The molecule has 2 rings (SSSR count). The van der Waals surface area contributed by atoms with Gasteiger partial charge in [0.15, 0.2) is 5.78 Å². The van der Waals surface area contributed by atoms with Crippen molar-refractivity contribution in [3.8, 4) is 6.07 Å². The van der Waals surface area contributed by atoms with Crippen molar-refractivity contribution >= 4 is 40.6 Å². The number of rotatable bonds is 3. The highest BCUT2D eigenvalue weighted by Gasteiger charge is 2.24. The Kier molecular flexibility index (Phi) is 4.84. The first-order valence-corrected chi connectivity index (χ1v) is 6.90. The third kappa shape index (κ3) is 3.54. The first-order chi connectivity index (χ1) is 9.92. The zero-order valence-electron chi connectivity index (χ0n) is 10.4. The minimum absolute atomic E-state index is 0.0167. The molecule has 0 radical (unpaired) electrons. The Labute approximate surface area is 135 Å². The average molecular weight is 343 g/mol. The summed E-state index contributed by atoms with van der Waals surface area (Å²) in [7, 11) is 0. The maximum Gasteiger partial charge on any atom is 0.184 e. The highest BCUT2D eigenvalue weighted by atomic mass is 35.5. The Morgan fingerprint density at radius 1 is 1.10 bits per heavy atom. The van der Waals surface area contributed by atoms with Crippen LogP contribution >= 0.6 is 34.8 Å². The second-order valence-corrected chi connectivity index (χ2v) is 5.53. The standard InChI is InChI=1S/C15H7Cl3FNO/c16-9-3-8(4-10(17)5-9)15(21)13(7-20)12-2-1-11(19)6-14(12)18/h1-6,13H. The summed E-state index contributed by atoms with van der Waals surface area (Å²) < 4.78 is 13.1. The summed E-state index contributed by atoms with van der Waals surface area (Å²) in [6.07, 6.45) is 0. The number of carbonyl (C=O) groups excluding carboxylic acids is 1. The first kappa shape index (κ1) is 15.8. The lowest BCUT2D eigenvalue weighted by Gasteiger charge is -2.11. The minimum atomic E-state index is -1.16. The largest absolute Gasteiger partial charge is 0.292 e. The molecule has 1 unspecified atom stereocenters. The van der Waals surface area contributed by atoms with E-state index in [1.165, 1.54) is 24.3 Å². The smallest absolute Gasteiger partial charge is 0.184 e. The molecule has 0 aliphatic heterocycles. The van der Waals surface area contributed by atoms with E-state index in [0.29, 0.717) is 0 Å². The maximum atomic E-state index is 13.1. The molecule has 2 aromatic carbocycles. The zero-order valence-corrected chi connectivity index (χ0v) is 12.7. The van der Waals surface area contributed by atoms with Crippen molar-refractivity contribution in [1.29, 1.82) is 5.26 Å². The molecular formula is C15H7Cl3FNO. The molecule has 0 aromatic heterocycles. The van der Waals surface area contributed by atoms with Crippen LogP contribution in [0.1, 0.15) is 21.8 Å². The van der Waals surface area contributed by atoms with Gasteiger partial charge in [-0.25, -0.2) is 4.39 Å². The molecule has 2 nitrogen and oxygen atoms in total. The number of benzene rings is 2. The predicted molar refractivity (Wildman–Crippen MR) is 80.6 cm³/mol. The molecule has 21 heavy (non-hydrogen) atoms. The molecule has 0 saturated heterocycles. The molecule has 6 heteroatoms. The molecule has 0 heterocycles. The van der Waals surface area contributed by atoms with Crippen LogP contribution in [-0.2, 0) is 0 Å². The minimum Gasteiger partial charge on any atom is -0.292 e. The molecule has 0 aliphatic carbocycles. The van der Waals surface area contributed by atoms with Crippen molar-refractivity contribution in [2.24, 2.45) is 0 Å². The second-order valence-electron chi connectivity index (χ2n) is 4.25. The molecule has 2 aromatic rings. The number of carbonyl (C=O) groups is 1. The number of ketones is 1. The SMILES string of the molecule is N#CC(C(=O)c1cc(Cl)cc(Cl)c1)c1ccc(F)cc1Cl. The van der Waals surface area contributed by atoms with Crippen molar-refractivity contribution in [3.05, 3.63) is 68.4 Å². The van der Waals surface area contributed by atoms with E-state index in [9.17, 15) is 14.4 Å². The van der Waals surface area contributed by atoms with Crippen LogP contribution in [0.5, 0.6) is 0 Å². The third-order valence-corrected chi connectivity index (χ3v) is 3.58. The molecule has 0 spiro atoms. The Bertz CT molecular complexity index is 735. The van der Waals surface area contributed by atoms with E-state index in [2.05, 4.69) is 0 Å². The molecule has 0 fully saturated rings. The number of halogens is 4. The van der Waals surface area contributed by atoms with Gasteiger partial charge in [0, 0.05) is 20.6 Å². The summed E-state index contributed by atoms with van der Waals surface area (Å²) in [6, 6.07) is 9.69. The van der Waals surface area contributed by atoms with Crippen LogP contribution in [-0.4, -0.2) is 5.78 Å². The van der Waals surface area contributed by atoms with Gasteiger partial charge >= 0.3 is 0 Å². The molecule has 106 valence electrons. The molecule has 0 saturated carbocycles. The van der Waals surface area contributed by atoms with Crippen molar-refractivity contribution in [1.82, 2.24) is 0 Å². The topological polar surface area (TPSA) is 40.9 Å².